The van der Waals surface area contributed by atoms with Crippen LogP contribution in [0.15, 0.2) is 0 Å². The summed E-state index contributed by atoms with van der Waals surface area (Å²) in [6, 6.07) is -0.372. The first-order valence-corrected chi connectivity index (χ1v) is 4.73. The molecule has 0 aromatic carbocycles. The summed E-state index contributed by atoms with van der Waals surface area (Å²) in [5, 5.41) is 0. The van der Waals surface area contributed by atoms with Gasteiger partial charge >= 0.3 is 6.18 Å². The molecule has 0 aromatic rings. The van der Waals surface area contributed by atoms with Crippen LogP contribution < -0.4 is 0 Å². The summed E-state index contributed by atoms with van der Waals surface area (Å²) in [5.74, 6) is 0. The van der Waals surface area contributed by atoms with Gasteiger partial charge < -0.3 is 0 Å². The van der Waals surface area contributed by atoms with E-state index in [2.05, 4.69) is 0 Å². The Labute approximate surface area is 64.1 Å². The lowest BCUT2D eigenvalue weighted by Gasteiger charge is -2.26. The van der Waals surface area contributed by atoms with Gasteiger partial charge in [0, 0.05) is 11.9 Å². The van der Waals surface area contributed by atoms with Crippen molar-refractivity contribution in [2.24, 2.45) is 5.41 Å². The summed E-state index contributed by atoms with van der Waals surface area (Å²) >= 11 is 0. The molecule has 0 atom stereocenters. The Morgan fingerprint density at radius 1 is 1.40 bits per heavy atom. The summed E-state index contributed by atoms with van der Waals surface area (Å²) in [6.45, 7) is 3.38. The van der Waals surface area contributed by atoms with Gasteiger partial charge in [-0.1, -0.05) is 20.4 Å². The van der Waals surface area contributed by atoms with Crippen LogP contribution in [0.5, 0.6) is 0 Å². The maximum Gasteiger partial charge on any atom is 0.393 e. The zero-order valence-electron chi connectivity index (χ0n) is 8.34. The number of alkyl halides is 3. The molecule has 0 spiro atoms. The number of hydrogen-bond acceptors (Lipinski definition) is 0. The van der Waals surface area contributed by atoms with E-state index in [4.69, 9.17) is 2.47 Å². The molecule has 0 saturated carbocycles. The summed E-state index contributed by atoms with van der Waals surface area (Å²) in [4.78, 5) is 0. The molecule has 0 nitrogen and oxygen atoms in total. The molecule has 0 fully saturated rings. The maximum atomic E-state index is 12.2. The zero-order chi connectivity index (χ0) is 10.2. The number of hydrogen-bond donors (Lipinski definition) is 0. The largest absolute Gasteiger partial charge is 0.393 e. The van der Waals surface area contributed by atoms with Crippen LogP contribution in [-0.4, -0.2) is 18.0 Å². The minimum absolute atomic E-state index is 0.372. The summed E-state index contributed by atoms with van der Waals surface area (Å²) in [7, 11) is -3.12. The first kappa shape index (κ1) is 6.70. The van der Waals surface area contributed by atoms with Crippen molar-refractivity contribution in [2.75, 3.05) is 0 Å². The SMILES string of the molecule is [2H][Si]([2H])(C)CC(C)(C)C(F)(F)F. The molecule has 0 aromatic heterocycles. The third kappa shape index (κ3) is 2.32. The van der Waals surface area contributed by atoms with Crippen LogP contribution >= 0.6 is 0 Å². The van der Waals surface area contributed by atoms with E-state index in [0.29, 0.717) is 0 Å². The molecule has 0 unspecified atom stereocenters. The fourth-order valence-corrected chi connectivity index (χ4v) is 1.63. The number of halogens is 3. The van der Waals surface area contributed by atoms with Crippen molar-refractivity contribution in [1.82, 2.24) is 0 Å². The lowest BCUT2D eigenvalue weighted by Crippen LogP contribution is -2.32. The van der Waals surface area contributed by atoms with E-state index in [1.807, 2.05) is 0 Å². The van der Waals surface area contributed by atoms with Crippen LogP contribution in [0.25, 0.3) is 0 Å². The van der Waals surface area contributed by atoms with Gasteiger partial charge in [0.1, 0.15) is 0 Å². The third-order valence-corrected chi connectivity index (χ3v) is 2.62. The molecule has 0 aliphatic rings. The molecule has 0 N–H and O–H groups in total. The van der Waals surface area contributed by atoms with Crippen LogP contribution in [0.3, 0.4) is 0 Å². The molecular weight excluding hydrogens is 157 g/mol. The van der Waals surface area contributed by atoms with Gasteiger partial charge in [0.05, 0.1) is 5.41 Å². The Balaban J connectivity index is 4.44. The van der Waals surface area contributed by atoms with Gasteiger partial charge in [0.15, 0.2) is 0 Å². The Morgan fingerprint density at radius 3 is 1.90 bits per heavy atom. The van der Waals surface area contributed by atoms with Crippen molar-refractivity contribution in [3.05, 3.63) is 0 Å². The minimum atomic E-state index is -4.30. The fourth-order valence-electron chi connectivity index (χ4n) is 0.542. The monoisotopic (exact) mass is 172 g/mol. The lowest BCUT2D eigenvalue weighted by atomic mass is 9.96. The smallest absolute Gasteiger partial charge is 0.171 e. The lowest BCUT2D eigenvalue weighted by molar-refractivity contribution is -0.204. The van der Waals surface area contributed by atoms with E-state index in [1.165, 1.54) is 6.55 Å². The van der Waals surface area contributed by atoms with E-state index >= 15 is 0 Å². The highest BCUT2D eigenvalue weighted by molar-refractivity contribution is 6.33. The van der Waals surface area contributed by atoms with Crippen molar-refractivity contribution in [1.29, 1.82) is 2.47 Å². The molecule has 0 rings (SSSR count). The average molecular weight is 172 g/mol. The second kappa shape index (κ2) is 2.94. The first-order valence-electron chi connectivity index (χ1n) is 4.02. The second-order valence-electron chi connectivity index (χ2n) is 2.91. The van der Waals surface area contributed by atoms with Gasteiger partial charge in [0.25, 0.3) is 0 Å². The van der Waals surface area contributed by atoms with Gasteiger partial charge in [-0.2, -0.15) is 13.2 Å². The Kier molecular flexibility index (Phi) is 1.97. The molecule has 62 valence electrons. The summed E-state index contributed by atoms with van der Waals surface area (Å²) < 4.78 is 51.0. The van der Waals surface area contributed by atoms with Gasteiger partial charge in [-0.3, -0.25) is 0 Å². The van der Waals surface area contributed by atoms with Crippen LogP contribution in [-0.2, 0) is 0 Å². The van der Waals surface area contributed by atoms with E-state index in [0.717, 1.165) is 13.8 Å². The van der Waals surface area contributed by atoms with Gasteiger partial charge in [-0.05, 0) is 6.04 Å². The van der Waals surface area contributed by atoms with E-state index in [1.54, 1.807) is 0 Å². The van der Waals surface area contributed by atoms with Crippen LogP contribution in [0.4, 0.5) is 13.2 Å². The highest BCUT2D eigenvalue weighted by Gasteiger charge is 2.45. The average Bonchev–Trinajstić information content (AvgIpc) is 1.52. The highest BCUT2D eigenvalue weighted by atomic mass is 28.2. The molecular formula is C6H13F3Si. The molecule has 0 bridgehead atoms. The summed E-state index contributed by atoms with van der Waals surface area (Å²) in [5.41, 5.74) is -1.89. The van der Waals surface area contributed by atoms with Crippen molar-refractivity contribution in [3.8, 4) is 0 Å². The van der Waals surface area contributed by atoms with Gasteiger partial charge in [-0.25, -0.2) is 0 Å². The van der Waals surface area contributed by atoms with Crippen LogP contribution in [0.1, 0.15) is 13.8 Å². The minimum Gasteiger partial charge on any atom is -0.171 e. The Morgan fingerprint density at radius 2 is 1.80 bits per heavy atom. The predicted octanol–water partition coefficient (Wildman–Crippen LogP) is 2.21. The topological polar surface area (TPSA) is 0 Å². The molecule has 0 saturated heterocycles. The quantitative estimate of drug-likeness (QED) is 0.560. The second-order valence-corrected chi connectivity index (χ2v) is 3.97. The Bertz CT molecular complexity index is 159. The van der Waals surface area contributed by atoms with Crippen LogP contribution in [0.2, 0.25) is 12.6 Å². The normalized spacial score (nSPS) is 18.2. The van der Waals surface area contributed by atoms with E-state index < -0.39 is 21.0 Å². The van der Waals surface area contributed by atoms with Gasteiger partial charge in [-0.15, -0.1) is 0 Å². The standard InChI is InChI=1S/C6H13F3Si/c1-5(2,4-10-3)6(7,8)9/h4,10H2,1-3H3/i10D2. The molecule has 10 heavy (non-hydrogen) atoms. The first-order chi connectivity index (χ1) is 4.96. The number of rotatable bonds is 2. The predicted molar refractivity (Wildman–Crippen MR) is 39.1 cm³/mol. The molecule has 0 aliphatic carbocycles. The van der Waals surface area contributed by atoms with E-state index in [9.17, 15) is 13.2 Å². The van der Waals surface area contributed by atoms with Crippen molar-refractivity contribution >= 4 is 9.38 Å². The zero-order valence-corrected chi connectivity index (χ0v) is 7.34. The summed E-state index contributed by atoms with van der Waals surface area (Å²) in [6.07, 6.45) is -4.30. The molecule has 0 amide bonds. The van der Waals surface area contributed by atoms with Crippen LogP contribution in [0, 0.1) is 5.41 Å². The molecule has 0 aliphatic heterocycles. The van der Waals surface area contributed by atoms with Gasteiger partial charge in [0.2, 0.25) is 0 Å². The molecule has 0 heterocycles. The molecule has 4 heteroatoms. The fraction of sp³-hybridized carbons (Fsp3) is 1.00. The molecule has 0 radical (unpaired) electrons. The van der Waals surface area contributed by atoms with E-state index in [-0.39, 0.29) is 6.04 Å². The highest BCUT2D eigenvalue weighted by Crippen LogP contribution is 2.40. The third-order valence-electron chi connectivity index (χ3n) is 1.39. The Hall–Kier alpha value is 0.00688. The van der Waals surface area contributed by atoms with Crippen molar-refractivity contribution in [2.45, 2.75) is 32.6 Å². The van der Waals surface area contributed by atoms with Crippen molar-refractivity contribution in [3.63, 3.8) is 0 Å². The van der Waals surface area contributed by atoms with Crippen molar-refractivity contribution < 1.29 is 13.2 Å². The maximum absolute atomic E-state index is 12.2.